The van der Waals surface area contributed by atoms with Gasteiger partial charge in [-0.25, -0.2) is 4.98 Å². The van der Waals surface area contributed by atoms with Crippen molar-refractivity contribution in [3.8, 4) is 22.5 Å². The quantitative estimate of drug-likeness (QED) is 0.171. The molecular formula is C36H32N2S4. The molecule has 0 spiro atoms. The van der Waals surface area contributed by atoms with Crippen LogP contribution in [0.15, 0.2) is 97.1 Å². The fraction of sp³-hybridized carbons (Fsp3) is 0.222. The molecule has 2 nitrogen and oxygen atoms in total. The summed E-state index contributed by atoms with van der Waals surface area (Å²) in [7, 11) is 0. The van der Waals surface area contributed by atoms with E-state index in [1.807, 2.05) is 47.0 Å². The maximum atomic E-state index is 5.45. The van der Waals surface area contributed by atoms with Crippen LogP contribution in [0.25, 0.3) is 22.5 Å². The van der Waals surface area contributed by atoms with Crippen LogP contribution < -0.4 is 0 Å². The van der Waals surface area contributed by atoms with E-state index < -0.39 is 0 Å². The Kier molecular flexibility index (Phi) is 8.94. The first-order valence-electron chi connectivity index (χ1n) is 14.3. The minimum atomic E-state index is 0.907. The normalized spacial score (nSPS) is 15.4. The highest BCUT2D eigenvalue weighted by Gasteiger charge is 2.18. The third-order valence-electron chi connectivity index (χ3n) is 7.66. The monoisotopic (exact) mass is 620 g/mol. The molecule has 42 heavy (non-hydrogen) atoms. The van der Waals surface area contributed by atoms with Gasteiger partial charge < -0.3 is 0 Å². The van der Waals surface area contributed by atoms with Crippen LogP contribution in [-0.4, -0.2) is 9.97 Å². The van der Waals surface area contributed by atoms with Gasteiger partial charge in [0.15, 0.2) is 0 Å². The molecule has 0 saturated heterocycles. The lowest BCUT2D eigenvalue weighted by atomic mass is 9.96. The second-order valence-electron chi connectivity index (χ2n) is 10.7. The van der Waals surface area contributed by atoms with Crippen LogP contribution in [-0.2, 0) is 46.0 Å². The Hall–Kier alpha value is -2.64. The summed E-state index contributed by atoms with van der Waals surface area (Å²) in [4.78, 5) is 10.5. The van der Waals surface area contributed by atoms with Gasteiger partial charge in [-0.2, -0.15) is 47.0 Å². The van der Waals surface area contributed by atoms with Gasteiger partial charge in [-0.15, -0.1) is 0 Å². The molecule has 0 saturated carbocycles. The zero-order valence-electron chi connectivity index (χ0n) is 23.4. The van der Waals surface area contributed by atoms with Gasteiger partial charge in [0, 0.05) is 57.1 Å². The Labute approximate surface area is 265 Å². The van der Waals surface area contributed by atoms with Crippen molar-refractivity contribution >= 4 is 47.0 Å². The Morgan fingerprint density at radius 1 is 0.381 bits per heavy atom. The summed E-state index contributed by atoms with van der Waals surface area (Å²) in [6.45, 7) is 0. The van der Waals surface area contributed by atoms with Gasteiger partial charge in [0.1, 0.15) is 0 Å². The average Bonchev–Trinajstić information content (AvgIpc) is 3.01. The van der Waals surface area contributed by atoms with Crippen molar-refractivity contribution in [3.05, 3.63) is 142 Å². The molecule has 210 valence electrons. The van der Waals surface area contributed by atoms with E-state index in [-0.39, 0.29) is 0 Å². The summed E-state index contributed by atoms with van der Waals surface area (Å²) in [5.74, 6) is 7.62. The third-order valence-corrected chi connectivity index (χ3v) is 11.8. The highest BCUT2D eigenvalue weighted by atomic mass is 32.2. The lowest BCUT2D eigenvalue weighted by molar-refractivity contribution is 1.09. The lowest BCUT2D eigenvalue weighted by Gasteiger charge is -2.19. The van der Waals surface area contributed by atoms with Crippen molar-refractivity contribution in [1.82, 2.24) is 9.97 Å². The Balaban J connectivity index is 1.40. The summed E-state index contributed by atoms with van der Waals surface area (Å²) in [6.07, 6.45) is 0. The summed E-state index contributed by atoms with van der Waals surface area (Å²) >= 11 is 7.89. The smallest absolute Gasteiger partial charge is 0.0715 e. The van der Waals surface area contributed by atoms with E-state index in [9.17, 15) is 0 Å². The van der Waals surface area contributed by atoms with Crippen molar-refractivity contribution in [3.63, 3.8) is 0 Å². The molecule has 0 aliphatic carbocycles. The predicted octanol–water partition coefficient (Wildman–Crippen LogP) is 10.2. The van der Waals surface area contributed by atoms with Gasteiger partial charge in [0.25, 0.3) is 0 Å². The van der Waals surface area contributed by atoms with Crippen LogP contribution in [0.3, 0.4) is 0 Å². The molecule has 3 aromatic carbocycles. The second kappa shape index (κ2) is 13.3. The third kappa shape index (κ3) is 6.47. The first-order chi connectivity index (χ1) is 20.8. The van der Waals surface area contributed by atoms with Gasteiger partial charge in [-0.3, -0.25) is 4.98 Å². The standard InChI is InChI=1S/C36H32N2S4/c1-6-25-16-26(7-1)18-40-20-28-9-3-11-30-22-42-24-32-13-4-12-31(37-32)23-41-21-29-10-2-8-27(19-39-17-25)35(29)33-14-5-15-34(38-33)36(28)30/h1-16H,17-24H2. The molecule has 0 atom stereocenters. The lowest BCUT2D eigenvalue weighted by Crippen LogP contribution is -2.01. The van der Waals surface area contributed by atoms with Crippen LogP contribution in [0, 0.1) is 0 Å². The van der Waals surface area contributed by atoms with Crippen LogP contribution in [0.5, 0.6) is 0 Å². The number of aromatic nitrogens is 2. The largest absolute Gasteiger partial charge is 0.256 e. The average molecular weight is 621 g/mol. The number of nitrogens with zero attached hydrogens (tertiary/aromatic N) is 2. The van der Waals surface area contributed by atoms with E-state index in [1.54, 1.807) is 0 Å². The molecule has 0 unspecified atom stereocenters. The molecule has 0 fully saturated rings. The maximum Gasteiger partial charge on any atom is 0.0715 e. The minimum Gasteiger partial charge on any atom is -0.256 e. The van der Waals surface area contributed by atoms with E-state index in [0.29, 0.717) is 0 Å². The van der Waals surface area contributed by atoms with Gasteiger partial charge >= 0.3 is 0 Å². The molecular weight excluding hydrogens is 589 g/mol. The molecule has 2 aromatic heterocycles. The number of thioether (sulfide) groups is 4. The van der Waals surface area contributed by atoms with E-state index in [1.165, 1.54) is 44.5 Å². The van der Waals surface area contributed by atoms with E-state index in [4.69, 9.17) is 9.97 Å². The number of benzene rings is 3. The van der Waals surface area contributed by atoms with Crippen molar-refractivity contribution in [1.29, 1.82) is 0 Å². The summed E-state index contributed by atoms with van der Waals surface area (Å²) in [6, 6.07) is 36.0. The molecule has 0 amide bonds. The maximum absolute atomic E-state index is 5.45. The molecule has 0 radical (unpaired) electrons. The van der Waals surface area contributed by atoms with Gasteiger partial charge in [-0.05, 0) is 57.6 Å². The Bertz CT molecular complexity index is 1510. The molecule has 4 heterocycles. The summed E-state index contributed by atoms with van der Waals surface area (Å²) in [5.41, 5.74) is 15.4. The molecule has 2 aliphatic rings. The zero-order valence-corrected chi connectivity index (χ0v) is 26.7. The summed E-state index contributed by atoms with van der Waals surface area (Å²) in [5, 5.41) is 0. The van der Waals surface area contributed by atoms with E-state index in [2.05, 4.69) is 97.1 Å². The van der Waals surface area contributed by atoms with Crippen molar-refractivity contribution in [2.45, 2.75) is 46.0 Å². The number of hydrogen-bond acceptors (Lipinski definition) is 6. The molecule has 0 N–H and O–H groups in total. The van der Waals surface area contributed by atoms with Crippen LogP contribution in [0.4, 0.5) is 0 Å². The van der Waals surface area contributed by atoms with Crippen LogP contribution in [0.1, 0.15) is 44.8 Å². The zero-order chi connectivity index (χ0) is 28.1. The molecule has 6 heteroatoms. The second-order valence-corrected chi connectivity index (χ2v) is 14.7. The number of fused-ring (bicyclic) bond motifs is 4. The fourth-order valence-corrected chi connectivity index (χ4v) is 9.57. The van der Waals surface area contributed by atoms with Crippen LogP contribution in [0.2, 0.25) is 0 Å². The number of rotatable bonds is 0. The van der Waals surface area contributed by atoms with Crippen molar-refractivity contribution in [2.24, 2.45) is 0 Å². The highest BCUT2D eigenvalue weighted by Crippen LogP contribution is 2.38. The van der Waals surface area contributed by atoms with E-state index in [0.717, 1.165) is 68.8 Å². The van der Waals surface area contributed by atoms with E-state index >= 15 is 0 Å². The number of pyridine rings is 2. The fourth-order valence-electron chi connectivity index (χ4n) is 5.75. The van der Waals surface area contributed by atoms with Crippen molar-refractivity contribution < 1.29 is 0 Å². The first-order valence-corrected chi connectivity index (χ1v) is 18.9. The molecule has 7 rings (SSSR count). The summed E-state index contributed by atoms with van der Waals surface area (Å²) < 4.78 is 0. The highest BCUT2D eigenvalue weighted by molar-refractivity contribution is 7.98. The topological polar surface area (TPSA) is 25.8 Å². The Morgan fingerprint density at radius 3 is 1.29 bits per heavy atom. The van der Waals surface area contributed by atoms with Gasteiger partial charge in [-0.1, -0.05) is 72.8 Å². The van der Waals surface area contributed by atoms with Gasteiger partial charge in [0.05, 0.1) is 22.8 Å². The predicted molar refractivity (Wildman–Crippen MR) is 186 cm³/mol. The molecule has 5 aromatic rings. The Morgan fingerprint density at radius 2 is 0.786 bits per heavy atom. The molecule has 8 bridgehead atoms. The first kappa shape index (κ1) is 28.1. The minimum absolute atomic E-state index is 0.907. The molecule has 2 aliphatic heterocycles. The van der Waals surface area contributed by atoms with Crippen molar-refractivity contribution in [2.75, 3.05) is 0 Å². The van der Waals surface area contributed by atoms with Gasteiger partial charge in [0.2, 0.25) is 0 Å². The van der Waals surface area contributed by atoms with Crippen LogP contribution >= 0.6 is 47.0 Å². The SMILES string of the molecule is c1cc2cc(c1)CSCc1cccc3c1-c1cccc(n1)-c1c(cccc1CSCc1cccc(n1)CSC3)CSC2. The number of hydrogen-bond donors (Lipinski definition) is 0.